The van der Waals surface area contributed by atoms with Crippen LogP contribution in [0.2, 0.25) is 5.02 Å². The average molecular weight is 311 g/mol. The molecule has 2 saturated heterocycles. The van der Waals surface area contributed by atoms with Crippen molar-refractivity contribution in [2.45, 2.75) is 44.2 Å². The molecule has 0 spiro atoms. The van der Waals surface area contributed by atoms with Crippen LogP contribution in [0.5, 0.6) is 0 Å². The highest BCUT2D eigenvalue weighted by molar-refractivity contribution is 6.30. The lowest BCUT2D eigenvalue weighted by atomic mass is 9.94. The van der Waals surface area contributed by atoms with E-state index in [1.807, 2.05) is 0 Å². The van der Waals surface area contributed by atoms with Gasteiger partial charge in [-0.3, -0.25) is 10.1 Å². The van der Waals surface area contributed by atoms with Crippen molar-refractivity contribution < 1.29 is 4.92 Å². The van der Waals surface area contributed by atoms with E-state index in [1.54, 1.807) is 0 Å². The molecular weight excluding hydrogens is 292 g/mol. The van der Waals surface area contributed by atoms with E-state index in [0.717, 1.165) is 32.4 Å². The molecule has 1 N–H and O–H groups in total. The zero-order valence-electron chi connectivity index (χ0n) is 11.8. The maximum Gasteiger partial charge on any atom is 0.313 e. The minimum atomic E-state index is -0.387. The molecule has 0 aliphatic carbocycles. The highest BCUT2D eigenvalue weighted by Crippen LogP contribution is 2.34. The molecule has 2 aliphatic rings. The molecule has 1 aromatic heterocycles. The molecule has 7 heteroatoms. The first-order valence-corrected chi connectivity index (χ1v) is 7.84. The fourth-order valence-electron chi connectivity index (χ4n) is 3.46. The number of piperidine rings is 1. The number of aromatic nitrogens is 1. The molecular formula is C14H19ClN4O2. The summed E-state index contributed by atoms with van der Waals surface area (Å²) in [6.07, 6.45) is 7.07. The quantitative estimate of drug-likeness (QED) is 0.686. The van der Waals surface area contributed by atoms with E-state index in [2.05, 4.69) is 15.2 Å². The second kappa shape index (κ2) is 6.15. The first-order chi connectivity index (χ1) is 10.2. The fourth-order valence-corrected chi connectivity index (χ4v) is 3.61. The Morgan fingerprint density at radius 1 is 1.38 bits per heavy atom. The first-order valence-electron chi connectivity index (χ1n) is 7.47. The molecule has 1 aromatic rings. The number of pyridine rings is 1. The summed E-state index contributed by atoms with van der Waals surface area (Å²) >= 11 is 5.87. The van der Waals surface area contributed by atoms with Crippen molar-refractivity contribution in [3.63, 3.8) is 0 Å². The zero-order valence-corrected chi connectivity index (χ0v) is 12.6. The van der Waals surface area contributed by atoms with Crippen LogP contribution in [-0.4, -0.2) is 35.1 Å². The number of hydrogen-bond donors (Lipinski definition) is 1. The third-order valence-corrected chi connectivity index (χ3v) is 4.60. The van der Waals surface area contributed by atoms with Gasteiger partial charge in [0.05, 0.1) is 9.95 Å². The van der Waals surface area contributed by atoms with Crippen LogP contribution in [0.15, 0.2) is 12.3 Å². The van der Waals surface area contributed by atoms with Gasteiger partial charge in [-0.1, -0.05) is 11.6 Å². The van der Waals surface area contributed by atoms with Gasteiger partial charge in [-0.05, 0) is 38.6 Å². The molecule has 2 unspecified atom stereocenters. The minimum Gasteiger partial charge on any atom is -0.346 e. The molecule has 0 aromatic carbocycles. The van der Waals surface area contributed by atoms with Crippen LogP contribution in [0.3, 0.4) is 0 Å². The number of rotatable bonds is 3. The van der Waals surface area contributed by atoms with Crippen LogP contribution >= 0.6 is 11.6 Å². The smallest absolute Gasteiger partial charge is 0.313 e. The summed E-state index contributed by atoms with van der Waals surface area (Å²) in [5.41, 5.74) is 0.00685. The van der Waals surface area contributed by atoms with Gasteiger partial charge in [0.1, 0.15) is 0 Å². The van der Waals surface area contributed by atoms with Gasteiger partial charge in [0, 0.05) is 30.9 Å². The van der Waals surface area contributed by atoms with E-state index in [1.165, 1.54) is 25.1 Å². The lowest BCUT2D eigenvalue weighted by Crippen LogP contribution is -2.50. The second-order valence-corrected chi connectivity index (χ2v) is 6.15. The Bertz CT molecular complexity index is 534. The summed E-state index contributed by atoms with van der Waals surface area (Å²) in [6.45, 7) is 1.85. The molecule has 114 valence electrons. The molecule has 21 heavy (non-hydrogen) atoms. The second-order valence-electron chi connectivity index (χ2n) is 5.71. The van der Waals surface area contributed by atoms with Crippen molar-refractivity contribution >= 4 is 23.1 Å². The summed E-state index contributed by atoms with van der Waals surface area (Å²) in [5.74, 6) is 0.461. The Balaban J connectivity index is 1.94. The topological polar surface area (TPSA) is 71.3 Å². The van der Waals surface area contributed by atoms with Crippen molar-refractivity contribution in [3.8, 4) is 0 Å². The average Bonchev–Trinajstić information content (AvgIpc) is 3.01. The molecule has 3 heterocycles. The summed E-state index contributed by atoms with van der Waals surface area (Å²) < 4.78 is 0. The Kier molecular flexibility index (Phi) is 4.26. The predicted molar refractivity (Wildman–Crippen MR) is 81.9 cm³/mol. The van der Waals surface area contributed by atoms with Crippen molar-refractivity contribution in [2.24, 2.45) is 0 Å². The van der Waals surface area contributed by atoms with Crippen LogP contribution in [0.25, 0.3) is 0 Å². The van der Waals surface area contributed by atoms with Crippen LogP contribution < -0.4 is 10.2 Å². The highest BCUT2D eigenvalue weighted by Gasteiger charge is 2.35. The number of nitrogens with zero attached hydrogens (tertiary/aromatic N) is 3. The fraction of sp³-hybridized carbons (Fsp3) is 0.643. The Labute approximate surface area is 128 Å². The Morgan fingerprint density at radius 3 is 2.95 bits per heavy atom. The van der Waals surface area contributed by atoms with Crippen LogP contribution in [-0.2, 0) is 0 Å². The van der Waals surface area contributed by atoms with Gasteiger partial charge < -0.3 is 10.2 Å². The first kappa shape index (κ1) is 14.5. The van der Waals surface area contributed by atoms with E-state index < -0.39 is 0 Å². The normalized spacial score (nSPS) is 26.0. The maximum absolute atomic E-state index is 11.3. The van der Waals surface area contributed by atoms with E-state index >= 15 is 0 Å². The van der Waals surface area contributed by atoms with Gasteiger partial charge >= 0.3 is 5.69 Å². The number of anilines is 1. The summed E-state index contributed by atoms with van der Waals surface area (Å²) in [5, 5.41) is 15.1. The van der Waals surface area contributed by atoms with Gasteiger partial charge in [-0.25, -0.2) is 4.98 Å². The number of nitrogens with one attached hydrogen (secondary N) is 1. The third kappa shape index (κ3) is 2.96. The van der Waals surface area contributed by atoms with Gasteiger partial charge in [-0.2, -0.15) is 0 Å². The number of hydrogen-bond acceptors (Lipinski definition) is 5. The molecule has 3 rings (SSSR count). The largest absolute Gasteiger partial charge is 0.346 e. The molecule has 0 saturated carbocycles. The molecule has 0 radical (unpaired) electrons. The zero-order chi connectivity index (χ0) is 14.8. The SMILES string of the molecule is O=[N+]([O-])c1cc(Cl)cnc1N1CCCCC1C1CCCN1. The van der Waals surface area contributed by atoms with E-state index in [9.17, 15) is 10.1 Å². The molecule has 2 fully saturated rings. The van der Waals surface area contributed by atoms with Gasteiger partial charge in [0.2, 0.25) is 5.82 Å². The molecule has 6 nitrogen and oxygen atoms in total. The maximum atomic E-state index is 11.3. The third-order valence-electron chi connectivity index (χ3n) is 4.39. The number of nitro groups is 1. The Hall–Kier alpha value is -1.40. The monoisotopic (exact) mass is 310 g/mol. The molecule has 0 amide bonds. The van der Waals surface area contributed by atoms with Gasteiger partial charge in [-0.15, -0.1) is 0 Å². The summed E-state index contributed by atoms with van der Waals surface area (Å²) in [4.78, 5) is 17.3. The summed E-state index contributed by atoms with van der Waals surface area (Å²) in [7, 11) is 0. The van der Waals surface area contributed by atoms with Crippen molar-refractivity contribution in [2.75, 3.05) is 18.0 Å². The molecule has 2 atom stereocenters. The lowest BCUT2D eigenvalue weighted by molar-refractivity contribution is -0.384. The minimum absolute atomic E-state index is 0.00685. The van der Waals surface area contributed by atoms with Gasteiger partial charge in [0.25, 0.3) is 0 Å². The van der Waals surface area contributed by atoms with E-state index in [-0.39, 0.29) is 16.7 Å². The molecule has 0 bridgehead atoms. The predicted octanol–water partition coefficient (Wildman–Crippen LogP) is 2.75. The molecule has 2 aliphatic heterocycles. The van der Waals surface area contributed by atoms with Crippen molar-refractivity contribution in [1.29, 1.82) is 0 Å². The lowest BCUT2D eigenvalue weighted by Gasteiger charge is -2.39. The van der Waals surface area contributed by atoms with Crippen LogP contribution in [0.4, 0.5) is 11.5 Å². The van der Waals surface area contributed by atoms with E-state index in [4.69, 9.17) is 11.6 Å². The summed E-state index contributed by atoms with van der Waals surface area (Å²) in [6, 6.07) is 2.09. The van der Waals surface area contributed by atoms with Crippen LogP contribution in [0, 0.1) is 10.1 Å². The number of halogens is 1. The van der Waals surface area contributed by atoms with Crippen molar-refractivity contribution in [1.82, 2.24) is 10.3 Å². The van der Waals surface area contributed by atoms with E-state index in [0.29, 0.717) is 16.9 Å². The van der Waals surface area contributed by atoms with Gasteiger partial charge in [0.15, 0.2) is 0 Å². The Morgan fingerprint density at radius 2 is 2.24 bits per heavy atom. The van der Waals surface area contributed by atoms with Crippen LogP contribution in [0.1, 0.15) is 32.1 Å². The van der Waals surface area contributed by atoms with Crippen molar-refractivity contribution in [3.05, 3.63) is 27.4 Å². The standard InChI is InChI=1S/C14H19ClN4O2/c15-10-8-13(19(20)21)14(17-9-10)18-7-2-1-5-12(18)11-4-3-6-16-11/h8-9,11-12,16H,1-7H2. The highest BCUT2D eigenvalue weighted by atomic mass is 35.5.